The van der Waals surface area contributed by atoms with E-state index in [2.05, 4.69) is 18.5 Å². The van der Waals surface area contributed by atoms with Gasteiger partial charge in [-0.1, -0.05) is 37.8 Å². The summed E-state index contributed by atoms with van der Waals surface area (Å²) < 4.78 is 0. The highest BCUT2D eigenvalue weighted by Crippen LogP contribution is 2.28. The molecular formula is C15H26N2O. The second-order valence-corrected chi connectivity index (χ2v) is 5.01. The van der Waals surface area contributed by atoms with E-state index >= 15 is 0 Å². The van der Waals surface area contributed by atoms with Crippen LogP contribution in [0.3, 0.4) is 0 Å². The standard InChI is InChI=1S/C15H26N2O/c1-3-12-17(13-4-2)15(18)16-11-7-10-14-8-5-6-9-14/h3-4,14H,1-2,5-13H2,(H,16,18). The van der Waals surface area contributed by atoms with Gasteiger partial charge in [0, 0.05) is 19.6 Å². The van der Waals surface area contributed by atoms with Gasteiger partial charge in [-0.15, -0.1) is 13.2 Å². The second kappa shape index (κ2) is 8.78. The first-order chi connectivity index (χ1) is 8.77. The zero-order chi connectivity index (χ0) is 13.2. The SMILES string of the molecule is C=CCN(CC=C)C(=O)NCCCC1CCCC1. The Hall–Kier alpha value is -1.25. The van der Waals surface area contributed by atoms with Crippen LogP contribution in [0.1, 0.15) is 38.5 Å². The molecular weight excluding hydrogens is 224 g/mol. The average molecular weight is 250 g/mol. The van der Waals surface area contributed by atoms with Crippen molar-refractivity contribution in [2.45, 2.75) is 38.5 Å². The van der Waals surface area contributed by atoms with Crippen molar-refractivity contribution in [3.63, 3.8) is 0 Å². The van der Waals surface area contributed by atoms with Gasteiger partial charge in [0.2, 0.25) is 0 Å². The van der Waals surface area contributed by atoms with Crippen molar-refractivity contribution in [2.24, 2.45) is 5.92 Å². The van der Waals surface area contributed by atoms with Crippen LogP contribution in [0, 0.1) is 5.92 Å². The lowest BCUT2D eigenvalue weighted by atomic mass is 10.0. The largest absolute Gasteiger partial charge is 0.338 e. The van der Waals surface area contributed by atoms with Gasteiger partial charge in [-0.25, -0.2) is 4.79 Å². The normalized spacial score (nSPS) is 15.3. The third-order valence-corrected chi connectivity index (χ3v) is 3.53. The van der Waals surface area contributed by atoms with Crippen molar-refractivity contribution in [2.75, 3.05) is 19.6 Å². The van der Waals surface area contributed by atoms with Crippen LogP contribution in [0.15, 0.2) is 25.3 Å². The molecule has 1 saturated carbocycles. The molecule has 0 aliphatic heterocycles. The van der Waals surface area contributed by atoms with E-state index in [9.17, 15) is 4.79 Å². The molecule has 0 aromatic heterocycles. The van der Waals surface area contributed by atoms with Gasteiger partial charge in [-0.3, -0.25) is 0 Å². The van der Waals surface area contributed by atoms with Gasteiger partial charge in [0.1, 0.15) is 0 Å². The molecule has 0 unspecified atom stereocenters. The van der Waals surface area contributed by atoms with Gasteiger partial charge in [0.25, 0.3) is 0 Å². The van der Waals surface area contributed by atoms with Crippen molar-refractivity contribution in [1.82, 2.24) is 10.2 Å². The summed E-state index contributed by atoms with van der Waals surface area (Å²) >= 11 is 0. The second-order valence-electron chi connectivity index (χ2n) is 5.01. The fraction of sp³-hybridized carbons (Fsp3) is 0.667. The van der Waals surface area contributed by atoms with Gasteiger partial charge in [0.15, 0.2) is 0 Å². The summed E-state index contributed by atoms with van der Waals surface area (Å²) in [6.45, 7) is 9.23. The number of hydrogen-bond acceptors (Lipinski definition) is 1. The smallest absolute Gasteiger partial charge is 0.317 e. The number of urea groups is 1. The van der Waals surface area contributed by atoms with E-state index in [1.54, 1.807) is 17.1 Å². The summed E-state index contributed by atoms with van der Waals surface area (Å²) in [5.74, 6) is 0.902. The molecule has 3 nitrogen and oxygen atoms in total. The van der Waals surface area contributed by atoms with Crippen LogP contribution in [0.4, 0.5) is 4.79 Å². The van der Waals surface area contributed by atoms with E-state index in [0.717, 1.165) is 18.9 Å². The highest BCUT2D eigenvalue weighted by Gasteiger charge is 2.14. The molecule has 2 amide bonds. The molecule has 0 radical (unpaired) electrons. The summed E-state index contributed by atoms with van der Waals surface area (Å²) in [6, 6.07) is -0.0128. The fourth-order valence-electron chi connectivity index (χ4n) is 2.55. The molecule has 0 saturated heterocycles. The van der Waals surface area contributed by atoms with Crippen molar-refractivity contribution in [3.8, 4) is 0 Å². The third-order valence-electron chi connectivity index (χ3n) is 3.53. The van der Waals surface area contributed by atoms with E-state index in [-0.39, 0.29) is 6.03 Å². The molecule has 0 aromatic rings. The Kier molecular flexibility index (Phi) is 7.23. The number of nitrogens with zero attached hydrogens (tertiary/aromatic N) is 1. The molecule has 18 heavy (non-hydrogen) atoms. The van der Waals surface area contributed by atoms with Gasteiger partial charge in [-0.2, -0.15) is 0 Å². The maximum atomic E-state index is 11.8. The molecule has 1 aliphatic carbocycles. The van der Waals surface area contributed by atoms with Crippen LogP contribution in [0.5, 0.6) is 0 Å². The lowest BCUT2D eigenvalue weighted by Gasteiger charge is -2.20. The third kappa shape index (κ3) is 5.39. The molecule has 102 valence electrons. The van der Waals surface area contributed by atoms with Crippen LogP contribution in [0.25, 0.3) is 0 Å². The summed E-state index contributed by atoms with van der Waals surface area (Å²) in [5, 5.41) is 2.97. The average Bonchev–Trinajstić information content (AvgIpc) is 2.87. The number of amides is 2. The molecule has 1 rings (SSSR count). The predicted molar refractivity (Wildman–Crippen MR) is 76.6 cm³/mol. The molecule has 1 fully saturated rings. The molecule has 0 atom stereocenters. The minimum absolute atomic E-state index is 0.0128. The Labute approximate surface area is 111 Å². The van der Waals surface area contributed by atoms with Gasteiger partial charge in [0.05, 0.1) is 0 Å². The van der Waals surface area contributed by atoms with E-state index in [0.29, 0.717) is 13.1 Å². The quantitative estimate of drug-likeness (QED) is 0.520. The van der Waals surface area contributed by atoms with Crippen molar-refractivity contribution in [1.29, 1.82) is 0 Å². The molecule has 0 spiro atoms. The molecule has 1 N–H and O–H groups in total. The monoisotopic (exact) mass is 250 g/mol. The summed E-state index contributed by atoms with van der Waals surface area (Å²) in [6.07, 6.45) is 11.4. The highest BCUT2D eigenvalue weighted by atomic mass is 16.2. The van der Waals surface area contributed by atoms with Crippen LogP contribution in [0.2, 0.25) is 0 Å². The summed E-state index contributed by atoms with van der Waals surface area (Å²) in [5.41, 5.74) is 0. The van der Waals surface area contributed by atoms with Crippen molar-refractivity contribution in [3.05, 3.63) is 25.3 Å². The molecule has 0 bridgehead atoms. The van der Waals surface area contributed by atoms with Crippen LogP contribution in [-0.4, -0.2) is 30.6 Å². The van der Waals surface area contributed by atoms with Gasteiger partial charge in [-0.05, 0) is 18.8 Å². The zero-order valence-corrected chi connectivity index (χ0v) is 11.4. The number of rotatable bonds is 8. The Balaban J connectivity index is 2.13. The van der Waals surface area contributed by atoms with Gasteiger partial charge >= 0.3 is 6.03 Å². The van der Waals surface area contributed by atoms with E-state index < -0.39 is 0 Å². The Morgan fingerprint density at radius 2 is 1.83 bits per heavy atom. The van der Waals surface area contributed by atoms with Crippen LogP contribution >= 0.6 is 0 Å². The van der Waals surface area contributed by atoms with Crippen molar-refractivity contribution >= 4 is 6.03 Å². The zero-order valence-electron chi connectivity index (χ0n) is 11.4. The fourth-order valence-corrected chi connectivity index (χ4v) is 2.55. The Morgan fingerprint density at radius 3 is 2.39 bits per heavy atom. The van der Waals surface area contributed by atoms with E-state index in [4.69, 9.17) is 0 Å². The van der Waals surface area contributed by atoms with Crippen LogP contribution < -0.4 is 5.32 Å². The lowest BCUT2D eigenvalue weighted by molar-refractivity contribution is 0.208. The molecule has 0 aromatic carbocycles. The van der Waals surface area contributed by atoms with E-state index in [1.807, 2.05) is 0 Å². The maximum Gasteiger partial charge on any atom is 0.317 e. The number of nitrogens with one attached hydrogen (secondary N) is 1. The number of carbonyl (C=O) groups excluding carboxylic acids is 1. The molecule has 0 heterocycles. The first-order valence-corrected chi connectivity index (χ1v) is 7.02. The molecule has 1 aliphatic rings. The minimum atomic E-state index is -0.0128. The topological polar surface area (TPSA) is 32.3 Å². The molecule has 3 heteroatoms. The Bertz CT molecular complexity index is 260. The van der Waals surface area contributed by atoms with E-state index in [1.165, 1.54) is 32.1 Å². The predicted octanol–water partition coefficient (Wildman–Crippen LogP) is 3.34. The first-order valence-electron chi connectivity index (χ1n) is 7.02. The van der Waals surface area contributed by atoms with Crippen LogP contribution in [-0.2, 0) is 0 Å². The number of carbonyl (C=O) groups is 1. The summed E-state index contributed by atoms with van der Waals surface area (Å²) in [4.78, 5) is 13.5. The minimum Gasteiger partial charge on any atom is -0.338 e. The number of hydrogen-bond donors (Lipinski definition) is 1. The first kappa shape index (κ1) is 14.8. The maximum absolute atomic E-state index is 11.8. The van der Waals surface area contributed by atoms with Crippen molar-refractivity contribution < 1.29 is 4.79 Å². The lowest BCUT2D eigenvalue weighted by Crippen LogP contribution is -2.40. The highest BCUT2D eigenvalue weighted by molar-refractivity contribution is 5.74. The Morgan fingerprint density at radius 1 is 1.22 bits per heavy atom. The van der Waals surface area contributed by atoms with Gasteiger partial charge < -0.3 is 10.2 Å². The summed E-state index contributed by atoms with van der Waals surface area (Å²) in [7, 11) is 0.